The minimum atomic E-state index is -0.352. The number of rotatable bonds is 6. The van der Waals surface area contributed by atoms with E-state index in [-0.39, 0.29) is 24.5 Å². The number of furan rings is 1. The van der Waals surface area contributed by atoms with E-state index in [1.54, 1.807) is 6.07 Å². The lowest BCUT2D eigenvalue weighted by atomic mass is 9.97. The second kappa shape index (κ2) is 9.61. The summed E-state index contributed by atoms with van der Waals surface area (Å²) in [5, 5.41) is 15.8. The van der Waals surface area contributed by atoms with Gasteiger partial charge in [-0.1, -0.05) is 12.1 Å². The zero-order chi connectivity index (χ0) is 22.7. The Morgan fingerprint density at radius 1 is 1.22 bits per heavy atom. The Morgan fingerprint density at radius 2 is 1.94 bits per heavy atom. The number of carbonyl (C=O) groups excluding carboxylic acids is 1. The number of amides is 2. The van der Waals surface area contributed by atoms with Gasteiger partial charge in [-0.15, -0.1) is 0 Å². The van der Waals surface area contributed by atoms with Crippen molar-refractivity contribution in [3.8, 4) is 0 Å². The smallest absolute Gasteiger partial charge is 0.315 e. The Morgan fingerprint density at radius 3 is 2.62 bits per heavy atom. The number of piperidine rings is 1. The molecule has 170 valence electrons. The summed E-state index contributed by atoms with van der Waals surface area (Å²) in [6.07, 6.45) is 2.02. The van der Waals surface area contributed by atoms with Gasteiger partial charge in [0.2, 0.25) is 0 Å². The van der Waals surface area contributed by atoms with Crippen LogP contribution in [0.3, 0.4) is 0 Å². The van der Waals surface area contributed by atoms with Crippen LogP contribution in [0.2, 0.25) is 0 Å². The monoisotopic (exact) mass is 439 g/mol. The van der Waals surface area contributed by atoms with Crippen molar-refractivity contribution in [2.75, 3.05) is 24.6 Å². The highest BCUT2D eigenvalue weighted by atomic mass is 19.1. The van der Waals surface area contributed by atoms with Gasteiger partial charge >= 0.3 is 6.03 Å². The van der Waals surface area contributed by atoms with Crippen LogP contribution < -0.4 is 15.5 Å². The van der Waals surface area contributed by atoms with Gasteiger partial charge in [-0.3, -0.25) is 0 Å². The molecule has 0 aliphatic carbocycles. The molecule has 1 atom stereocenters. The van der Waals surface area contributed by atoms with E-state index in [1.165, 1.54) is 17.8 Å². The third-order valence-corrected chi connectivity index (χ3v) is 6.30. The van der Waals surface area contributed by atoms with Crippen molar-refractivity contribution in [1.82, 2.24) is 10.6 Å². The van der Waals surface area contributed by atoms with E-state index in [4.69, 9.17) is 4.42 Å². The van der Waals surface area contributed by atoms with Crippen LogP contribution in [0.4, 0.5) is 14.9 Å². The number of nitrogens with one attached hydrogen (secondary N) is 2. The molecular weight excluding hydrogens is 409 g/mol. The summed E-state index contributed by atoms with van der Waals surface area (Å²) in [5.41, 5.74) is 3.61. The molecule has 32 heavy (non-hydrogen) atoms. The third-order valence-electron chi connectivity index (χ3n) is 6.30. The number of fused-ring (bicyclic) bond motifs is 1. The molecule has 3 N–H and O–H groups in total. The SMILES string of the molecule is Cc1c(C(C)NC(=O)NCc2ccc(N3CCC(CO)CC3)cc2)oc2ccc(F)cc12. The number of urea groups is 1. The summed E-state index contributed by atoms with van der Waals surface area (Å²) in [6, 6.07) is 12.0. The molecule has 0 radical (unpaired) electrons. The number of benzene rings is 2. The van der Waals surface area contributed by atoms with E-state index in [2.05, 4.69) is 27.7 Å². The topological polar surface area (TPSA) is 77.7 Å². The van der Waals surface area contributed by atoms with Gasteiger partial charge in [-0.2, -0.15) is 0 Å². The molecule has 7 heteroatoms. The second-order valence-electron chi connectivity index (χ2n) is 8.56. The number of hydrogen-bond acceptors (Lipinski definition) is 4. The lowest BCUT2D eigenvalue weighted by molar-refractivity contribution is 0.203. The molecule has 1 fully saturated rings. The molecule has 0 saturated carbocycles. The molecule has 4 rings (SSSR count). The number of aliphatic hydroxyl groups is 1. The largest absolute Gasteiger partial charge is 0.459 e. The lowest BCUT2D eigenvalue weighted by Gasteiger charge is -2.33. The van der Waals surface area contributed by atoms with Crippen molar-refractivity contribution in [3.63, 3.8) is 0 Å². The maximum Gasteiger partial charge on any atom is 0.315 e. The minimum absolute atomic E-state index is 0.271. The van der Waals surface area contributed by atoms with Crippen LogP contribution in [0.15, 0.2) is 46.9 Å². The highest BCUT2D eigenvalue weighted by Gasteiger charge is 2.20. The van der Waals surface area contributed by atoms with E-state index in [0.29, 0.717) is 23.8 Å². The molecule has 0 bridgehead atoms. The number of nitrogens with zero attached hydrogens (tertiary/aromatic N) is 1. The van der Waals surface area contributed by atoms with Crippen LogP contribution in [0.1, 0.15) is 42.7 Å². The first-order chi connectivity index (χ1) is 15.4. The molecule has 2 amide bonds. The van der Waals surface area contributed by atoms with Gasteiger partial charge < -0.3 is 25.1 Å². The lowest BCUT2D eigenvalue weighted by Crippen LogP contribution is -2.36. The van der Waals surface area contributed by atoms with E-state index in [1.807, 2.05) is 26.0 Å². The van der Waals surface area contributed by atoms with Crippen LogP contribution in [0.25, 0.3) is 11.0 Å². The molecule has 1 saturated heterocycles. The first-order valence-electron chi connectivity index (χ1n) is 11.1. The van der Waals surface area contributed by atoms with Crippen LogP contribution in [-0.4, -0.2) is 30.8 Å². The molecule has 1 unspecified atom stereocenters. The number of aryl methyl sites for hydroxylation is 1. The molecule has 2 heterocycles. The predicted molar refractivity (Wildman–Crippen MR) is 123 cm³/mol. The Labute approximate surface area is 187 Å². The van der Waals surface area contributed by atoms with Gasteiger partial charge in [0, 0.05) is 42.9 Å². The van der Waals surface area contributed by atoms with E-state index < -0.39 is 0 Å². The first-order valence-corrected chi connectivity index (χ1v) is 11.1. The minimum Gasteiger partial charge on any atom is -0.459 e. The van der Waals surface area contributed by atoms with Crippen molar-refractivity contribution in [1.29, 1.82) is 0 Å². The summed E-state index contributed by atoms with van der Waals surface area (Å²) < 4.78 is 19.4. The maximum atomic E-state index is 13.5. The highest BCUT2D eigenvalue weighted by Crippen LogP contribution is 2.30. The first kappa shape index (κ1) is 22.1. The summed E-state index contributed by atoms with van der Waals surface area (Å²) in [6.45, 7) is 6.30. The predicted octanol–water partition coefficient (Wildman–Crippen LogP) is 4.65. The fourth-order valence-electron chi connectivity index (χ4n) is 4.32. The molecule has 3 aromatic rings. The van der Waals surface area contributed by atoms with E-state index >= 15 is 0 Å². The van der Waals surface area contributed by atoms with Gasteiger partial charge in [-0.05, 0) is 68.5 Å². The van der Waals surface area contributed by atoms with Crippen molar-refractivity contribution in [3.05, 3.63) is 65.2 Å². The quantitative estimate of drug-likeness (QED) is 0.523. The average Bonchev–Trinajstić information content (AvgIpc) is 3.14. The summed E-state index contributed by atoms with van der Waals surface area (Å²) >= 11 is 0. The maximum absolute atomic E-state index is 13.5. The fraction of sp³-hybridized carbons (Fsp3) is 0.400. The molecule has 2 aromatic carbocycles. The van der Waals surface area contributed by atoms with Gasteiger partial charge in [0.1, 0.15) is 17.2 Å². The van der Waals surface area contributed by atoms with Crippen molar-refractivity contribution in [2.45, 2.75) is 39.3 Å². The molecule has 0 spiro atoms. The fourth-order valence-corrected chi connectivity index (χ4v) is 4.32. The zero-order valence-electron chi connectivity index (χ0n) is 18.5. The van der Waals surface area contributed by atoms with E-state index in [0.717, 1.165) is 42.4 Å². The normalized spacial score (nSPS) is 15.7. The Kier molecular flexibility index (Phi) is 6.65. The molecule has 1 aliphatic heterocycles. The van der Waals surface area contributed by atoms with Crippen LogP contribution in [0, 0.1) is 18.7 Å². The van der Waals surface area contributed by atoms with Gasteiger partial charge in [0.25, 0.3) is 0 Å². The van der Waals surface area contributed by atoms with Gasteiger partial charge in [-0.25, -0.2) is 9.18 Å². The van der Waals surface area contributed by atoms with Gasteiger partial charge in [0.15, 0.2) is 0 Å². The molecule has 1 aliphatic rings. The molecule has 1 aromatic heterocycles. The number of hydrogen-bond donors (Lipinski definition) is 3. The van der Waals surface area contributed by atoms with Crippen LogP contribution in [0.5, 0.6) is 0 Å². The highest BCUT2D eigenvalue weighted by molar-refractivity contribution is 5.82. The average molecular weight is 440 g/mol. The number of halogens is 1. The zero-order valence-corrected chi connectivity index (χ0v) is 18.5. The number of carbonyl (C=O) groups is 1. The summed E-state index contributed by atoms with van der Waals surface area (Å²) in [7, 11) is 0. The second-order valence-corrected chi connectivity index (χ2v) is 8.56. The molecular formula is C25H30FN3O3. The number of aliphatic hydroxyl groups excluding tert-OH is 1. The van der Waals surface area contributed by atoms with Crippen molar-refractivity contribution < 1.29 is 18.7 Å². The Balaban J connectivity index is 1.30. The third kappa shape index (κ3) is 4.88. The van der Waals surface area contributed by atoms with Crippen LogP contribution in [-0.2, 0) is 6.54 Å². The molecule has 6 nitrogen and oxygen atoms in total. The van der Waals surface area contributed by atoms with Crippen molar-refractivity contribution >= 4 is 22.7 Å². The van der Waals surface area contributed by atoms with E-state index in [9.17, 15) is 14.3 Å². The summed E-state index contributed by atoms with van der Waals surface area (Å²) in [5.74, 6) is 0.724. The Bertz CT molecular complexity index is 1070. The summed E-state index contributed by atoms with van der Waals surface area (Å²) in [4.78, 5) is 14.7. The van der Waals surface area contributed by atoms with Crippen molar-refractivity contribution in [2.24, 2.45) is 5.92 Å². The van der Waals surface area contributed by atoms with Gasteiger partial charge in [0.05, 0.1) is 6.04 Å². The Hall–Kier alpha value is -3.06. The standard InChI is InChI=1S/C25H30FN3O3/c1-16-22-13-20(26)5-8-23(22)32-24(16)17(2)28-25(31)27-14-18-3-6-21(7-4-18)29-11-9-19(15-30)10-12-29/h3-8,13,17,19,30H,9-12,14-15H2,1-2H3,(H2,27,28,31). The number of anilines is 1. The van der Waals surface area contributed by atoms with Crippen LogP contribution >= 0.6 is 0 Å².